The molecule has 0 bridgehead atoms. The summed E-state index contributed by atoms with van der Waals surface area (Å²) in [6, 6.07) is 17.1. The Morgan fingerprint density at radius 3 is 2.62 bits per heavy atom. The Labute approximate surface area is 197 Å². The van der Waals surface area contributed by atoms with Gasteiger partial charge in [-0.1, -0.05) is 35.9 Å². The maximum absolute atomic E-state index is 12.5. The van der Waals surface area contributed by atoms with Gasteiger partial charge in [-0.3, -0.25) is 4.79 Å². The molecule has 2 aromatic rings. The van der Waals surface area contributed by atoms with E-state index in [-0.39, 0.29) is 5.91 Å². The van der Waals surface area contributed by atoms with Crippen molar-refractivity contribution in [1.82, 2.24) is 16.0 Å². The van der Waals surface area contributed by atoms with E-state index in [0.717, 1.165) is 49.0 Å². The van der Waals surface area contributed by atoms with Crippen LogP contribution in [-0.2, 0) is 0 Å². The number of hydrogen-bond acceptors (Lipinski definition) is 3. The average molecular weight is 454 g/mol. The summed E-state index contributed by atoms with van der Waals surface area (Å²) in [6.45, 7) is 5.20. The summed E-state index contributed by atoms with van der Waals surface area (Å²) >= 11 is 6.12. The first kappa shape index (κ1) is 23.3. The predicted octanol–water partition coefficient (Wildman–Crippen LogP) is 5.45. The normalized spacial score (nSPS) is 22.6. The number of halogens is 1. The van der Waals surface area contributed by atoms with Gasteiger partial charge in [0.2, 0.25) is 0 Å². The van der Waals surface area contributed by atoms with Crippen molar-refractivity contribution in [3.63, 3.8) is 0 Å². The number of benzene rings is 2. The minimum absolute atomic E-state index is 0.0626. The van der Waals surface area contributed by atoms with Gasteiger partial charge in [0, 0.05) is 22.7 Å². The quantitative estimate of drug-likeness (QED) is 0.498. The molecule has 2 aromatic carbocycles. The molecule has 4 nitrogen and oxygen atoms in total. The maximum atomic E-state index is 12.5. The molecule has 1 heterocycles. The van der Waals surface area contributed by atoms with Gasteiger partial charge in [-0.15, -0.1) is 0 Å². The fourth-order valence-corrected chi connectivity index (χ4v) is 5.38. The van der Waals surface area contributed by atoms with Gasteiger partial charge in [-0.2, -0.15) is 0 Å². The molecular formula is C27H36ClN3O. The second kappa shape index (κ2) is 11.3. The van der Waals surface area contributed by atoms with Gasteiger partial charge in [0.1, 0.15) is 0 Å². The molecule has 4 rings (SSSR count). The lowest BCUT2D eigenvalue weighted by Gasteiger charge is -2.23. The zero-order valence-electron chi connectivity index (χ0n) is 19.1. The van der Waals surface area contributed by atoms with Crippen molar-refractivity contribution < 1.29 is 4.79 Å². The molecule has 1 saturated carbocycles. The van der Waals surface area contributed by atoms with E-state index in [1.807, 2.05) is 30.3 Å². The Balaban J connectivity index is 1.21. The molecule has 172 valence electrons. The van der Waals surface area contributed by atoms with Crippen molar-refractivity contribution in [3.05, 3.63) is 70.2 Å². The van der Waals surface area contributed by atoms with E-state index in [4.69, 9.17) is 11.6 Å². The summed E-state index contributed by atoms with van der Waals surface area (Å²) < 4.78 is 0. The van der Waals surface area contributed by atoms with Crippen LogP contribution < -0.4 is 16.0 Å². The molecule has 1 saturated heterocycles. The Kier molecular flexibility index (Phi) is 8.23. The Bertz CT molecular complexity index is 879. The van der Waals surface area contributed by atoms with E-state index in [1.54, 1.807) is 0 Å². The molecule has 1 aliphatic heterocycles. The van der Waals surface area contributed by atoms with E-state index >= 15 is 0 Å². The zero-order chi connectivity index (χ0) is 22.3. The molecule has 32 heavy (non-hydrogen) atoms. The molecule has 0 aromatic heterocycles. The number of piperidine rings is 1. The van der Waals surface area contributed by atoms with Gasteiger partial charge >= 0.3 is 0 Å². The van der Waals surface area contributed by atoms with E-state index in [0.29, 0.717) is 18.0 Å². The molecule has 1 aliphatic carbocycles. The van der Waals surface area contributed by atoms with Crippen LogP contribution in [0.1, 0.15) is 78.9 Å². The second-order valence-corrected chi connectivity index (χ2v) is 9.95. The first-order valence-electron chi connectivity index (χ1n) is 12.2. The lowest BCUT2D eigenvalue weighted by molar-refractivity contribution is 0.0929. The molecule has 0 radical (unpaired) electrons. The molecule has 3 N–H and O–H groups in total. The van der Waals surface area contributed by atoms with E-state index in [2.05, 4.69) is 41.1 Å². The molecule has 1 amide bonds. The lowest BCUT2D eigenvalue weighted by Crippen LogP contribution is -2.42. The van der Waals surface area contributed by atoms with Crippen LogP contribution in [0.15, 0.2) is 48.5 Å². The van der Waals surface area contributed by atoms with Crippen LogP contribution in [0, 0.1) is 5.92 Å². The fourth-order valence-electron chi connectivity index (χ4n) is 5.18. The first-order chi connectivity index (χ1) is 15.6. The Hall–Kier alpha value is -1.88. The zero-order valence-corrected chi connectivity index (χ0v) is 19.8. The van der Waals surface area contributed by atoms with Crippen molar-refractivity contribution in [1.29, 1.82) is 0 Å². The summed E-state index contributed by atoms with van der Waals surface area (Å²) in [5.41, 5.74) is 3.40. The summed E-state index contributed by atoms with van der Waals surface area (Å²) in [7, 11) is 0. The highest BCUT2D eigenvalue weighted by Crippen LogP contribution is 2.39. The van der Waals surface area contributed by atoms with Crippen LogP contribution in [-0.4, -0.2) is 31.6 Å². The number of nitrogens with one attached hydrogen (secondary N) is 3. The van der Waals surface area contributed by atoms with Crippen LogP contribution in [0.4, 0.5) is 0 Å². The minimum Gasteiger partial charge on any atom is -0.349 e. The number of carbonyl (C=O) groups excluding carboxylic acids is 1. The lowest BCUT2D eigenvalue weighted by atomic mass is 9.94. The standard InChI is InChI=1S/C27H36ClN3O/c1-19(23-3-2-4-25(28)18-23)30-16-11-20-5-6-24(17-20)21-7-9-22(10-8-21)27(32)31-26-12-14-29-15-13-26/h2-4,7-10,18-20,24,26,29-30H,5-6,11-17H2,1H3,(H,31,32)/t19-,20?,24+/m1/s1. The summed E-state index contributed by atoms with van der Waals surface area (Å²) in [6.07, 6.45) is 7.01. The van der Waals surface area contributed by atoms with Crippen molar-refractivity contribution in [2.24, 2.45) is 5.92 Å². The molecule has 3 atom stereocenters. The largest absolute Gasteiger partial charge is 0.349 e. The van der Waals surface area contributed by atoms with Crippen LogP contribution >= 0.6 is 11.6 Å². The molecule has 2 fully saturated rings. The highest BCUT2D eigenvalue weighted by molar-refractivity contribution is 6.30. The summed E-state index contributed by atoms with van der Waals surface area (Å²) in [4.78, 5) is 12.5. The average Bonchev–Trinajstić information content (AvgIpc) is 3.29. The SMILES string of the molecule is C[C@@H](NCCC1CC[C@H](c2ccc(C(=O)NC3CCNCC3)cc2)C1)c1cccc(Cl)c1. The topological polar surface area (TPSA) is 53.2 Å². The van der Waals surface area contributed by atoms with Gasteiger partial charge in [0.15, 0.2) is 0 Å². The highest BCUT2D eigenvalue weighted by atomic mass is 35.5. The second-order valence-electron chi connectivity index (χ2n) is 9.52. The fraction of sp³-hybridized carbons (Fsp3) is 0.519. The minimum atomic E-state index is 0.0626. The van der Waals surface area contributed by atoms with Crippen LogP contribution in [0.25, 0.3) is 0 Å². The monoisotopic (exact) mass is 453 g/mol. The van der Waals surface area contributed by atoms with Crippen molar-refractivity contribution in [3.8, 4) is 0 Å². The molecular weight excluding hydrogens is 418 g/mol. The smallest absolute Gasteiger partial charge is 0.251 e. The van der Waals surface area contributed by atoms with Crippen LogP contribution in [0.2, 0.25) is 5.02 Å². The molecule has 1 unspecified atom stereocenters. The Morgan fingerprint density at radius 2 is 1.88 bits per heavy atom. The van der Waals surface area contributed by atoms with E-state index < -0.39 is 0 Å². The van der Waals surface area contributed by atoms with Gasteiger partial charge in [0.25, 0.3) is 5.91 Å². The van der Waals surface area contributed by atoms with Gasteiger partial charge in [-0.25, -0.2) is 0 Å². The maximum Gasteiger partial charge on any atom is 0.251 e. The first-order valence-corrected chi connectivity index (χ1v) is 12.6. The summed E-state index contributed by atoms with van der Waals surface area (Å²) in [5, 5.41) is 11.0. The van der Waals surface area contributed by atoms with Crippen molar-refractivity contribution in [2.45, 2.75) is 63.5 Å². The van der Waals surface area contributed by atoms with Crippen LogP contribution in [0.5, 0.6) is 0 Å². The summed E-state index contributed by atoms with van der Waals surface area (Å²) in [5.74, 6) is 1.45. The molecule has 2 aliphatic rings. The van der Waals surface area contributed by atoms with Crippen molar-refractivity contribution in [2.75, 3.05) is 19.6 Å². The van der Waals surface area contributed by atoms with Gasteiger partial charge in [-0.05, 0) is 112 Å². The van der Waals surface area contributed by atoms with Crippen molar-refractivity contribution >= 4 is 17.5 Å². The van der Waals surface area contributed by atoms with E-state index in [1.165, 1.54) is 36.8 Å². The number of carbonyl (C=O) groups is 1. The van der Waals surface area contributed by atoms with E-state index in [9.17, 15) is 4.79 Å². The third kappa shape index (κ3) is 6.34. The predicted molar refractivity (Wildman–Crippen MR) is 132 cm³/mol. The molecule has 5 heteroatoms. The van der Waals surface area contributed by atoms with Crippen LogP contribution in [0.3, 0.4) is 0 Å². The van der Waals surface area contributed by atoms with Gasteiger partial charge in [0.05, 0.1) is 0 Å². The number of amides is 1. The Morgan fingerprint density at radius 1 is 1.09 bits per heavy atom. The number of rotatable bonds is 8. The van der Waals surface area contributed by atoms with Gasteiger partial charge < -0.3 is 16.0 Å². The number of hydrogen-bond donors (Lipinski definition) is 3. The third-order valence-corrected chi connectivity index (χ3v) is 7.45. The third-order valence-electron chi connectivity index (χ3n) is 7.21. The highest BCUT2D eigenvalue weighted by Gasteiger charge is 2.26. The molecule has 0 spiro atoms.